The molecule has 1 aliphatic rings. The Labute approximate surface area is 219 Å². The highest BCUT2D eigenvalue weighted by Crippen LogP contribution is 2.46. The first kappa shape index (κ1) is 27.7. The van der Waals surface area contributed by atoms with E-state index in [1.807, 2.05) is 30.3 Å². The van der Waals surface area contributed by atoms with Crippen LogP contribution < -0.4 is 20.9 Å². The van der Waals surface area contributed by atoms with E-state index in [1.54, 1.807) is 13.8 Å². The summed E-state index contributed by atoms with van der Waals surface area (Å²) in [6, 6.07) is 12.8. The summed E-state index contributed by atoms with van der Waals surface area (Å²) in [6.45, 7) is 3.95. The predicted octanol–water partition coefficient (Wildman–Crippen LogP) is 3.27. The van der Waals surface area contributed by atoms with Crippen LogP contribution in [0.15, 0.2) is 53.3 Å². The molecule has 1 aliphatic heterocycles. The molecule has 1 amide bonds. The monoisotopic (exact) mass is 545 g/mol. The molecule has 0 spiro atoms. The Morgan fingerprint density at radius 2 is 1.89 bits per heavy atom. The number of hydrogen-bond acceptors (Lipinski definition) is 8. The summed E-state index contributed by atoms with van der Waals surface area (Å²) < 4.78 is 50.1. The lowest BCUT2D eigenvalue weighted by atomic mass is 10.1. The van der Waals surface area contributed by atoms with Gasteiger partial charge in [-0.15, -0.1) is 0 Å². The third-order valence-electron chi connectivity index (χ3n) is 6.15. The highest BCUT2D eigenvalue weighted by molar-refractivity contribution is 7.62. The number of amides is 1. The number of benzene rings is 2. The van der Waals surface area contributed by atoms with Crippen LogP contribution in [0, 0.1) is 5.82 Å². The van der Waals surface area contributed by atoms with Gasteiger partial charge in [0.25, 0.3) is 11.5 Å². The number of rotatable bonds is 9. The van der Waals surface area contributed by atoms with Crippen molar-refractivity contribution in [3.63, 3.8) is 0 Å². The minimum Gasteiger partial charge on any atom is -0.481 e. The molecule has 0 unspecified atom stereocenters. The molecule has 0 aliphatic carbocycles. The van der Waals surface area contributed by atoms with Gasteiger partial charge in [-0.3, -0.25) is 18.7 Å². The van der Waals surface area contributed by atoms with Crippen molar-refractivity contribution in [3.8, 4) is 5.75 Å². The van der Waals surface area contributed by atoms with E-state index in [9.17, 15) is 18.5 Å². The Morgan fingerprint density at radius 1 is 1.18 bits per heavy atom. The minimum absolute atomic E-state index is 0.0312. The van der Waals surface area contributed by atoms with Gasteiger partial charge in [0.2, 0.25) is 5.75 Å². The molecule has 0 radical (unpaired) electrons. The van der Waals surface area contributed by atoms with Crippen LogP contribution in [0.2, 0.25) is 0 Å². The molecule has 1 aromatic heterocycles. The lowest BCUT2D eigenvalue weighted by Gasteiger charge is -2.32. The molecule has 2 aromatic carbocycles. The first-order valence-electron chi connectivity index (χ1n) is 11.8. The molecular formula is C26H29FN3O7P. The molecule has 2 heterocycles. The van der Waals surface area contributed by atoms with Gasteiger partial charge in [-0.1, -0.05) is 36.4 Å². The SMILES string of the molecule is COP(=O)(OC)c1cc(F)ccc1CNC(=O)c1nc2n(c(=O)c1OCc1ccccc1)CCOC2(C)C. The van der Waals surface area contributed by atoms with Crippen molar-refractivity contribution >= 4 is 18.8 Å². The lowest BCUT2D eigenvalue weighted by Crippen LogP contribution is -2.43. The summed E-state index contributed by atoms with van der Waals surface area (Å²) in [6.07, 6.45) is 0. The standard InChI is InChI=1S/C26H29FN3O7P/c1-26(2)25-29-21(22(24(32)30(25)12-13-37-26)36-16-17-8-6-5-7-9-17)23(31)28-15-18-10-11-19(27)14-20(18)38(33,34-3)35-4/h5-11,14H,12-13,15-16H2,1-4H3,(H,28,31). The summed E-state index contributed by atoms with van der Waals surface area (Å²) in [5, 5.41) is 2.64. The topological polar surface area (TPSA) is 118 Å². The molecule has 3 aromatic rings. The number of ether oxygens (including phenoxy) is 2. The Balaban J connectivity index is 1.70. The average molecular weight is 546 g/mol. The Hall–Kier alpha value is -3.37. The molecule has 0 saturated carbocycles. The van der Waals surface area contributed by atoms with E-state index in [0.29, 0.717) is 12.2 Å². The lowest BCUT2D eigenvalue weighted by molar-refractivity contribution is -0.0567. The van der Waals surface area contributed by atoms with E-state index in [2.05, 4.69) is 10.3 Å². The molecular weight excluding hydrogens is 516 g/mol. The average Bonchev–Trinajstić information content (AvgIpc) is 2.91. The second-order valence-corrected chi connectivity index (χ2v) is 11.2. The highest BCUT2D eigenvalue weighted by atomic mass is 31.2. The fourth-order valence-electron chi connectivity index (χ4n) is 4.15. The summed E-state index contributed by atoms with van der Waals surface area (Å²) in [4.78, 5) is 31.4. The first-order chi connectivity index (χ1) is 18.1. The van der Waals surface area contributed by atoms with Crippen LogP contribution in [0.25, 0.3) is 0 Å². The quantitative estimate of drug-likeness (QED) is 0.407. The zero-order chi connectivity index (χ0) is 27.5. The second kappa shape index (κ2) is 11.2. The van der Waals surface area contributed by atoms with Gasteiger partial charge in [-0.2, -0.15) is 0 Å². The molecule has 12 heteroatoms. The van der Waals surface area contributed by atoms with Crippen LogP contribution in [-0.2, 0) is 43.6 Å². The molecule has 0 saturated heterocycles. The van der Waals surface area contributed by atoms with Crippen LogP contribution >= 0.6 is 7.60 Å². The molecule has 10 nitrogen and oxygen atoms in total. The molecule has 0 bridgehead atoms. The molecule has 1 N–H and O–H groups in total. The minimum atomic E-state index is -3.83. The van der Waals surface area contributed by atoms with Gasteiger partial charge in [0.05, 0.1) is 18.5 Å². The maximum absolute atomic E-state index is 14.0. The van der Waals surface area contributed by atoms with Gasteiger partial charge >= 0.3 is 7.60 Å². The third kappa shape index (κ3) is 5.56. The van der Waals surface area contributed by atoms with Crippen molar-refractivity contribution in [3.05, 3.63) is 87.3 Å². The smallest absolute Gasteiger partial charge is 0.361 e. The number of aromatic nitrogens is 2. The Bertz CT molecular complexity index is 1430. The van der Waals surface area contributed by atoms with Crippen molar-refractivity contribution in [1.82, 2.24) is 14.9 Å². The van der Waals surface area contributed by atoms with Gasteiger partial charge in [0, 0.05) is 20.8 Å². The van der Waals surface area contributed by atoms with E-state index < -0.39 is 30.5 Å². The van der Waals surface area contributed by atoms with Gasteiger partial charge < -0.3 is 23.8 Å². The molecule has 0 atom stereocenters. The maximum Gasteiger partial charge on any atom is 0.361 e. The van der Waals surface area contributed by atoms with Crippen LogP contribution in [0.3, 0.4) is 0 Å². The molecule has 0 fully saturated rings. The second-order valence-electron chi connectivity index (χ2n) is 9.02. The van der Waals surface area contributed by atoms with E-state index >= 15 is 0 Å². The summed E-state index contributed by atoms with van der Waals surface area (Å²) in [5.74, 6) is -1.27. The Kier molecular flexibility index (Phi) is 8.13. The number of nitrogens with one attached hydrogen (secondary N) is 1. The zero-order valence-electron chi connectivity index (χ0n) is 21.5. The fourth-order valence-corrected chi connectivity index (χ4v) is 5.48. The number of fused-ring (bicyclic) bond motifs is 1. The van der Waals surface area contributed by atoms with Crippen molar-refractivity contribution in [2.24, 2.45) is 0 Å². The van der Waals surface area contributed by atoms with Gasteiger partial charge in [0.15, 0.2) is 5.69 Å². The van der Waals surface area contributed by atoms with Crippen molar-refractivity contribution in [2.45, 2.75) is 39.1 Å². The fraction of sp³-hybridized carbons (Fsp3) is 0.346. The maximum atomic E-state index is 14.0. The van der Waals surface area contributed by atoms with Crippen LogP contribution in [-0.4, -0.2) is 36.3 Å². The van der Waals surface area contributed by atoms with Crippen LogP contribution in [0.5, 0.6) is 5.75 Å². The van der Waals surface area contributed by atoms with E-state index in [-0.39, 0.29) is 42.3 Å². The number of carbonyl (C=O) groups excluding carboxylic acids is 1. The van der Waals surface area contributed by atoms with Crippen molar-refractivity contribution in [2.75, 3.05) is 20.8 Å². The van der Waals surface area contributed by atoms with E-state index in [1.165, 1.54) is 30.9 Å². The predicted molar refractivity (Wildman–Crippen MR) is 137 cm³/mol. The largest absolute Gasteiger partial charge is 0.481 e. The summed E-state index contributed by atoms with van der Waals surface area (Å²) in [5.41, 5.74) is -0.537. The highest BCUT2D eigenvalue weighted by Gasteiger charge is 2.35. The van der Waals surface area contributed by atoms with E-state index in [4.69, 9.17) is 18.5 Å². The normalized spacial score (nSPS) is 14.6. The number of halogens is 1. The number of hydrogen-bond donors (Lipinski definition) is 1. The molecule has 4 rings (SSSR count). The molecule has 202 valence electrons. The number of carbonyl (C=O) groups is 1. The van der Waals surface area contributed by atoms with Crippen LogP contribution in [0.4, 0.5) is 4.39 Å². The first-order valence-corrected chi connectivity index (χ1v) is 13.4. The zero-order valence-corrected chi connectivity index (χ0v) is 22.4. The van der Waals surface area contributed by atoms with Crippen LogP contribution in [0.1, 0.15) is 41.3 Å². The van der Waals surface area contributed by atoms with E-state index in [0.717, 1.165) is 11.6 Å². The number of nitrogens with zero attached hydrogens (tertiary/aromatic N) is 2. The van der Waals surface area contributed by atoms with Gasteiger partial charge in [-0.05, 0) is 37.1 Å². The van der Waals surface area contributed by atoms with Gasteiger partial charge in [-0.25, -0.2) is 9.37 Å². The third-order valence-corrected chi connectivity index (χ3v) is 8.12. The molecule has 38 heavy (non-hydrogen) atoms. The Morgan fingerprint density at radius 3 is 2.58 bits per heavy atom. The van der Waals surface area contributed by atoms with Gasteiger partial charge in [0.1, 0.15) is 23.8 Å². The van der Waals surface area contributed by atoms with Crippen molar-refractivity contribution in [1.29, 1.82) is 0 Å². The summed E-state index contributed by atoms with van der Waals surface area (Å²) in [7, 11) is -1.46. The van der Waals surface area contributed by atoms with Crippen molar-refractivity contribution < 1.29 is 32.3 Å². The summed E-state index contributed by atoms with van der Waals surface area (Å²) >= 11 is 0.